The number of halogens is 6. The van der Waals surface area contributed by atoms with Crippen molar-refractivity contribution in [3.8, 4) is 11.1 Å². The minimum Gasteiger partial charge on any atom is -0.460 e. The number of esters is 1. The molecule has 3 aliphatic rings. The van der Waals surface area contributed by atoms with E-state index < -0.39 is 92.9 Å². The van der Waals surface area contributed by atoms with E-state index in [2.05, 4.69) is 17.2 Å². The predicted molar refractivity (Wildman–Crippen MR) is 248 cm³/mol. The van der Waals surface area contributed by atoms with Crippen molar-refractivity contribution in [2.24, 2.45) is 5.92 Å². The second-order valence-corrected chi connectivity index (χ2v) is 20.9. The van der Waals surface area contributed by atoms with Crippen molar-refractivity contribution in [2.45, 2.75) is 77.2 Å². The molecule has 2 aromatic carbocycles. The molecule has 2 saturated heterocycles. The van der Waals surface area contributed by atoms with E-state index in [4.69, 9.17) is 93.3 Å². The largest absolute Gasteiger partial charge is 0.460 e. The number of hydrogen-bond acceptors (Lipinski definition) is 12. The maximum absolute atomic E-state index is 15.3. The molecule has 0 saturated carbocycles. The van der Waals surface area contributed by atoms with Gasteiger partial charge in [0.1, 0.15) is 44.6 Å². The standard InChI is InChI=1S/C43H50Cl6N6O12/c1-5-20-64-38(59)31(22-63-4)50-35(56)32-16-10-18-52(40(61)66-23-42(44,45)46)54(32)36(57)33-17-11-19-53(41(62)67-24-43(47,48)49)55(33)37(58)34(25(2)3)51-39(60)65-21-30-28-14-8-6-12-26(28)27-13-7-9-15-29(27)30/h5-9,12-15,25,30-34H,1,10-11,16-24H2,2-4H3,(H,50,56)(H,51,60)/t31-,32+,33-,34+/m0/s1. The molecular weight excluding hydrogens is 1010 g/mol. The number of ether oxygens (including phenoxy) is 5. The first-order valence-electron chi connectivity index (χ1n) is 21.0. The van der Waals surface area contributed by atoms with Crippen molar-refractivity contribution in [2.75, 3.05) is 53.2 Å². The SMILES string of the molecule is C=CCOC(=O)[C@H](COC)NC(=O)[C@H]1CCCN(C(=O)OCC(Cl)(Cl)Cl)N1C(=O)[C@@H]1CCCN(C(=O)OCC(Cl)(Cl)Cl)N1C(=O)[C@H](NC(=O)OCC1c2ccccc2-c2ccccc21)C(C)C. The van der Waals surface area contributed by atoms with Gasteiger partial charge in [-0.2, -0.15) is 0 Å². The van der Waals surface area contributed by atoms with Gasteiger partial charge in [0.2, 0.25) is 13.5 Å². The number of amides is 6. The molecule has 2 fully saturated rings. The molecule has 67 heavy (non-hydrogen) atoms. The average molecular weight is 1060 g/mol. The van der Waals surface area contributed by atoms with Gasteiger partial charge in [-0.3, -0.25) is 14.4 Å². The van der Waals surface area contributed by atoms with Crippen LogP contribution in [0.25, 0.3) is 11.1 Å². The zero-order valence-corrected chi connectivity index (χ0v) is 41.1. The number of nitrogens with one attached hydrogen (secondary N) is 2. The number of carbonyl (C=O) groups is 7. The molecule has 0 unspecified atom stereocenters. The van der Waals surface area contributed by atoms with Crippen LogP contribution >= 0.6 is 69.6 Å². The summed E-state index contributed by atoms with van der Waals surface area (Å²) < 4.78 is 22.4. The zero-order chi connectivity index (χ0) is 49.2. The van der Waals surface area contributed by atoms with Crippen LogP contribution in [0.4, 0.5) is 14.4 Å². The second-order valence-electron chi connectivity index (χ2n) is 15.9. The first-order chi connectivity index (χ1) is 31.7. The number of fused-ring (bicyclic) bond motifs is 3. The maximum Gasteiger partial charge on any atom is 0.429 e. The summed E-state index contributed by atoms with van der Waals surface area (Å²) in [5, 5.41) is 8.30. The van der Waals surface area contributed by atoms with Crippen molar-refractivity contribution in [1.82, 2.24) is 30.7 Å². The van der Waals surface area contributed by atoms with Gasteiger partial charge in [0, 0.05) is 26.1 Å². The van der Waals surface area contributed by atoms with E-state index >= 15 is 9.59 Å². The van der Waals surface area contributed by atoms with Gasteiger partial charge in [-0.25, -0.2) is 39.2 Å². The molecule has 0 spiro atoms. The summed E-state index contributed by atoms with van der Waals surface area (Å²) in [7, 11) is 1.28. The molecule has 0 bridgehead atoms. The van der Waals surface area contributed by atoms with Gasteiger partial charge in [-0.1, -0.05) is 145 Å². The molecule has 366 valence electrons. The van der Waals surface area contributed by atoms with Gasteiger partial charge in [0.05, 0.1) is 6.61 Å². The highest BCUT2D eigenvalue weighted by Crippen LogP contribution is 2.44. The highest BCUT2D eigenvalue weighted by Gasteiger charge is 2.50. The van der Waals surface area contributed by atoms with Gasteiger partial charge in [-0.15, -0.1) is 0 Å². The first-order valence-corrected chi connectivity index (χ1v) is 23.3. The Balaban J connectivity index is 1.49. The van der Waals surface area contributed by atoms with Crippen LogP contribution in [0.1, 0.15) is 56.6 Å². The Morgan fingerprint density at radius 3 is 1.78 bits per heavy atom. The third kappa shape index (κ3) is 13.9. The van der Waals surface area contributed by atoms with E-state index in [0.717, 1.165) is 42.3 Å². The van der Waals surface area contributed by atoms with Gasteiger partial charge < -0.3 is 34.3 Å². The van der Waals surface area contributed by atoms with Crippen LogP contribution < -0.4 is 10.6 Å². The summed E-state index contributed by atoms with van der Waals surface area (Å²) >= 11 is 35.3. The summed E-state index contributed by atoms with van der Waals surface area (Å²) in [4.78, 5) is 98.9. The van der Waals surface area contributed by atoms with Gasteiger partial charge in [0.25, 0.3) is 11.8 Å². The van der Waals surface area contributed by atoms with E-state index in [1.807, 2.05) is 48.5 Å². The predicted octanol–water partition coefficient (Wildman–Crippen LogP) is 6.84. The molecule has 18 nitrogen and oxygen atoms in total. The van der Waals surface area contributed by atoms with Crippen molar-refractivity contribution in [3.05, 3.63) is 72.3 Å². The van der Waals surface area contributed by atoms with E-state index in [-0.39, 0.29) is 64.5 Å². The molecule has 0 radical (unpaired) electrons. The number of carbonyl (C=O) groups excluding carboxylic acids is 7. The number of nitrogens with zero attached hydrogens (tertiary/aromatic N) is 4. The van der Waals surface area contributed by atoms with E-state index in [0.29, 0.717) is 0 Å². The fourth-order valence-corrected chi connectivity index (χ4v) is 8.22. The summed E-state index contributed by atoms with van der Waals surface area (Å²) in [5.41, 5.74) is 3.89. The van der Waals surface area contributed by atoms with Crippen molar-refractivity contribution in [3.63, 3.8) is 0 Å². The second kappa shape index (κ2) is 23.7. The summed E-state index contributed by atoms with van der Waals surface area (Å²) in [6.07, 6.45) is -2.17. The number of alkyl halides is 6. The van der Waals surface area contributed by atoms with Crippen molar-refractivity contribution in [1.29, 1.82) is 0 Å². The van der Waals surface area contributed by atoms with Crippen LogP contribution in [-0.2, 0) is 42.9 Å². The zero-order valence-electron chi connectivity index (χ0n) is 36.6. The minimum absolute atomic E-state index is 0.0582. The summed E-state index contributed by atoms with van der Waals surface area (Å²) in [6.45, 7) is 4.13. The fraction of sp³-hybridized carbons (Fsp3) is 0.512. The lowest BCUT2D eigenvalue weighted by Crippen LogP contribution is -2.70. The Hall–Kier alpha value is -4.43. The summed E-state index contributed by atoms with van der Waals surface area (Å²) in [5.74, 6) is -4.90. The average Bonchev–Trinajstić information content (AvgIpc) is 3.61. The lowest BCUT2D eigenvalue weighted by atomic mass is 9.98. The number of alkyl carbamates (subject to hydrolysis) is 1. The first kappa shape index (κ1) is 53.5. The van der Waals surface area contributed by atoms with Gasteiger partial charge >= 0.3 is 24.2 Å². The quantitative estimate of drug-likeness (QED) is 0.0816. The number of rotatable bonds is 15. The van der Waals surface area contributed by atoms with Crippen LogP contribution in [0.15, 0.2) is 61.2 Å². The highest BCUT2D eigenvalue weighted by atomic mass is 35.6. The number of benzene rings is 2. The Kier molecular flexibility index (Phi) is 19.0. The van der Waals surface area contributed by atoms with Crippen LogP contribution in [0, 0.1) is 5.92 Å². The minimum atomic E-state index is -2.08. The lowest BCUT2D eigenvalue weighted by Gasteiger charge is -2.48. The Labute approximate surface area is 417 Å². The molecule has 2 aliphatic heterocycles. The van der Waals surface area contributed by atoms with Crippen LogP contribution in [0.5, 0.6) is 0 Å². The number of hydrogen-bond donors (Lipinski definition) is 2. The van der Waals surface area contributed by atoms with Crippen LogP contribution in [-0.4, -0.2) is 147 Å². The van der Waals surface area contributed by atoms with Gasteiger partial charge in [-0.05, 0) is 53.9 Å². The normalized spacial score (nSPS) is 18.2. The third-order valence-electron chi connectivity index (χ3n) is 10.8. The topological polar surface area (TPSA) is 203 Å². The molecule has 2 heterocycles. The number of methoxy groups -OCH3 is 1. The molecular formula is C43H50Cl6N6O12. The summed E-state index contributed by atoms with van der Waals surface area (Å²) in [6, 6.07) is 9.36. The fourth-order valence-electron chi connectivity index (χ4n) is 7.90. The van der Waals surface area contributed by atoms with Gasteiger partial charge in [0.15, 0.2) is 6.04 Å². The van der Waals surface area contributed by atoms with Crippen molar-refractivity contribution < 1.29 is 57.2 Å². The van der Waals surface area contributed by atoms with E-state index in [1.165, 1.54) is 13.2 Å². The molecule has 4 atom stereocenters. The molecule has 2 aromatic rings. The Morgan fingerprint density at radius 2 is 1.27 bits per heavy atom. The molecule has 24 heteroatoms. The Bertz CT molecular complexity index is 2110. The highest BCUT2D eigenvalue weighted by molar-refractivity contribution is 6.68. The Morgan fingerprint density at radius 1 is 0.746 bits per heavy atom. The molecule has 5 rings (SSSR count). The molecule has 1 aliphatic carbocycles. The van der Waals surface area contributed by atoms with Crippen LogP contribution in [0.3, 0.4) is 0 Å². The van der Waals surface area contributed by atoms with Crippen molar-refractivity contribution >= 4 is 112 Å². The molecule has 2 N–H and O–H groups in total. The van der Waals surface area contributed by atoms with Crippen LogP contribution in [0.2, 0.25) is 0 Å². The monoisotopic (exact) mass is 1050 g/mol. The smallest absolute Gasteiger partial charge is 0.429 e. The maximum atomic E-state index is 15.3. The third-order valence-corrected chi connectivity index (χ3v) is 11.5. The van der Waals surface area contributed by atoms with E-state index in [1.54, 1.807) is 13.8 Å². The lowest BCUT2D eigenvalue weighted by molar-refractivity contribution is -0.183. The van der Waals surface area contributed by atoms with E-state index in [9.17, 15) is 24.0 Å². The molecule has 0 aromatic heterocycles. The molecule has 6 amide bonds. The number of hydrazine groups is 2.